The Morgan fingerprint density at radius 1 is 1.18 bits per heavy atom. The van der Waals surface area contributed by atoms with Gasteiger partial charge in [-0.2, -0.15) is 0 Å². The van der Waals surface area contributed by atoms with E-state index in [1.54, 1.807) is 0 Å². The zero-order chi connectivity index (χ0) is 25.6. The molecule has 6 atom stereocenters. The number of carbonyl (C=O) groups excluding carboxylic acids is 1. The third-order valence-electron chi connectivity index (χ3n) is 10.3. The molecule has 4 heteroatoms. The van der Waals surface area contributed by atoms with E-state index in [1.807, 2.05) is 13.8 Å². The van der Waals surface area contributed by atoms with Crippen molar-refractivity contribution in [3.05, 3.63) is 35.5 Å². The molecule has 0 amide bonds. The number of Topliss-reactive ketones (excluding diaryl/α,β-unsaturated/α-hetero) is 1. The van der Waals surface area contributed by atoms with E-state index in [0.29, 0.717) is 36.9 Å². The van der Waals surface area contributed by atoms with Crippen LogP contribution in [0.3, 0.4) is 0 Å². The van der Waals surface area contributed by atoms with Crippen LogP contribution >= 0.6 is 0 Å². The van der Waals surface area contributed by atoms with Crippen molar-refractivity contribution >= 4 is 11.8 Å². The Balaban J connectivity index is 1.95. The number of aliphatic carboxylic acids is 1. The van der Waals surface area contributed by atoms with Gasteiger partial charge in [-0.1, -0.05) is 57.6 Å². The molecule has 2 saturated carbocycles. The van der Waals surface area contributed by atoms with Gasteiger partial charge < -0.3 is 10.2 Å². The lowest BCUT2D eigenvalue weighted by Crippen LogP contribution is -2.53. The van der Waals surface area contributed by atoms with Crippen molar-refractivity contribution in [3.8, 4) is 0 Å². The zero-order valence-corrected chi connectivity index (χ0v) is 22.3. The number of aliphatic hydroxyl groups is 1. The van der Waals surface area contributed by atoms with Crippen LogP contribution in [0.5, 0.6) is 0 Å². The summed E-state index contributed by atoms with van der Waals surface area (Å²) in [6.07, 6.45) is 6.04. The number of fused-ring (bicyclic) bond motifs is 1. The van der Waals surface area contributed by atoms with Gasteiger partial charge in [0.1, 0.15) is 5.78 Å². The molecule has 0 heterocycles. The molecular formula is C30H46O4. The molecule has 0 aromatic heterocycles. The maximum atomic E-state index is 12.8. The van der Waals surface area contributed by atoms with E-state index in [2.05, 4.69) is 40.9 Å². The normalized spacial score (nSPS) is 38.0. The molecule has 0 aromatic carbocycles. The summed E-state index contributed by atoms with van der Waals surface area (Å²) in [5.41, 5.74) is 3.94. The van der Waals surface area contributed by atoms with Crippen LogP contribution in [0.1, 0.15) is 99.3 Å². The predicted octanol–water partition coefficient (Wildman–Crippen LogP) is 6.89. The summed E-state index contributed by atoms with van der Waals surface area (Å²) in [6.45, 7) is 21.6. The summed E-state index contributed by atoms with van der Waals surface area (Å²) < 4.78 is 0. The van der Waals surface area contributed by atoms with Gasteiger partial charge >= 0.3 is 5.97 Å². The molecule has 3 aliphatic rings. The lowest BCUT2D eigenvalue weighted by molar-refractivity contribution is -0.145. The van der Waals surface area contributed by atoms with Gasteiger partial charge in [-0.15, -0.1) is 0 Å². The van der Waals surface area contributed by atoms with Crippen LogP contribution in [0.25, 0.3) is 0 Å². The third-order valence-corrected chi connectivity index (χ3v) is 10.3. The maximum Gasteiger partial charge on any atom is 0.303 e. The molecule has 0 bridgehead atoms. The fourth-order valence-electron chi connectivity index (χ4n) is 8.24. The van der Waals surface area contributed by atoms with Crippen LogP contribution in [0.4, 0.5) is 0 Å². The molecule has 0 unspecified atom stereocenters. The van der Waals surface area contributed by atoms with Crippen molar-refractivity contribution in [2.45, 2.75) is 105 Å². The largest absolute Gasteiger partial charge is 0.481 e. The predicted molar refractivity (Wildman–Crippen MR) is 137 cm³/mol. The lowest BCUT2D eigenvalue weighted by atomic mass is 9.46. The number of carboxylic acids is 1. The molecule has 0 aliphatic heterocycles. The topological polar surface area (TPSA) is 74.6 Å². The van der Waals surface area contributed by atoms with Gasteiger partial charge in [-0.3, -0.25) is 9.59 Å². The van der Waals surface area contributed by atoms with E-state index in [0.717, 1.165) is 43.3 Å². The zero-order valence-electron chi connectivity index (χ0n) is 22.3. The van der Waals surface area contributed by atoms with Crippen LogP contribution in [0, 0.1) is 34.0 Å². The summed E-state index contributed by atoms with van der Waals surface area (Å²) in [5.74, 6) is 0.343. The van der Waals surface area contributed by atoms with Crippen LogP contribution in [0.15, 0.2) is 35.5 Å². The molecule has 4 nitrogen and oxygen atoms in total. The monoisotopic (exact) mass is 470 g/mol. The highest BCUT2D eigenvalue weighted by molar-refractivity contribution is 5.85. The minimum atomic E-state index is -0.782. The Bertz CT molecular complexity index is 909. The first kappa shape index (κ1) is 26.9. The van der Waals surface area contributed by atoms with Crippen molar-refractivity contribution in [1.82, 2.24) is 0 Å². The summed E-state index contributed by atoms with van der Waals surface area (Å²) in [7, 11) is 0. The van der Waals surface area contributed by atoms with Crippen molar-refractivity contribution < 1.29 is 19.8 Å². The summed E-state index contributed by atoms with van der Waals surface area (Å²) >= 11 is 0. The number of rotatable bonds is 7. The Hall–Kier alpha value is -1.68. The van der Waals surface area contributed by atoms with Gasteiger partial charge in [0.15, 0.2) is 0 Å². The van der Waals surface area contributed by atoms with E-state index in [4.69, 9.17) is 0 Å². The highest BCUT2D eigenvalue weighted by Crippen LogP contribution is 2.61. The van der Waals surface area contributed by atoms with Crippen molar-refractivity contribution in [3.63, 3.8) is 0 Å². The quantitative estimate of drug-likeness (QED) is 0.397. The number of aliphatic hydroxyl groups excluding tert-OH is 1. The summed E-state index contributed by atoms with van der Waals surface area (Å²) in [6, 6.07) is 0. The van der Waals surface area contributed by atoms with E-state index < -0.39 is 12.1 Å². The van der Waals surface area contributed by atoms with Gasteiger partial charge in [0.2, 0.25) is 0 Å². The third kappa shape index (κ3) is 4.47. The molecular weight excluding hydrogens is 424 g/mol. The van der Waals surface area contributed by atoms with Gasteiger partial charge in [0.25, 0.3) is 0 Å². The molecule has 2 N–H and O–H groups in total. The summed E-state index contributed by atoms with van der Waals surface area (Å²) in [4.78, 5) is 24.3. The average Bonchev–Trinajstić information content (AvgIpc) is 2.73. The Kier molecular flexibility index (Phi) is 7.45. The van der Waals surface area contributed by atoms with E-state index >= 15 is 0 Å². The molecule has 0 aromatic rings. The second-order valence-electron chi connectivity index (χ2n) is 12.6. The Morgan fingerprint density at radius 3 is 2.41 bits per heavy atom. The van der Waals surface area contributed by atoms with Gasteiger partial charge in [0, 0.05) is 18.3 Å². The Morgan fingerprint density at radius 2 is 1.82 bits per heavy atom. The molecule has 34 heavy (non-hydrogen) atoms. The lowest BCUT2D eigenvalue weighted by Gasteiger charge is -2.57. The van der Waals surface area contributed by atoms with Crippen molar-refractivity contribution in [2.24, 2.45) is 34.0 Å². The van der Waals surface area contributed by atoms with E-state index in [1.165, 1.54) is 11.1 Å². The molecule has 3 rings (SSSR count). The van der Waals surface area contributed by atoms with Gasteiger partial charge in [-0.25, -0.2) is 0 Å². The number of carbonyl (C=O) groups is 2. The number of hydrogen-bond donors (Lipinski definition) is 2. The molecule has 0 radical (unpaired) electrons. The minimum Gasteiger partial charge on any atom is -0.481 e. The first-order valence-electron chi connectivity index (χ1n) is 13.1. The van der Waals surface area contributed by atoms with Gasteiger partial charge in [-0.05, 0) is 93.0 Å². The van der Waals surface area contributed by atoms with Crippen LogP contribution in [-0.4, -0.2) is 28.1 Å². The number of allylic oxidation sites excluding steroid dienone is 3. The van der Waals surface area contributed by atoms with Crippen LogP contribution in [-0.2, 0) is 9.59 Å². The van der Waals surface area contributed by atoms with Gasteiger partial charge in [0.05, 0.1) is 6.10 Å². The first-order valence-corrected chi connectivity index (χ1v) is 13.1. The second-order valence-corrected chi connectivity index (χ2v) is 12.6. The van der Waals surface area contributed by atoms with Crippen molar-refractivity contribution in [2.75, 3.05) is 0 Å². The fraction of sp³-hybridized carbons (Fsp3) is 0.733. The highest BCUT2D eigenvalue weighted by atomic mass is 16.4. The number of hydrogen-bond acceptors (Lipinski definition) is 3. The van der Waals surface area contributed by atoms with E-state index in [-0.39, 0.29) is 28.6 Å². The molecule has 0 spiro atoms. The number of ketones is 1. The van der Waals surface area contributed by atoms with Crippen LogP contribution in [0.2, 0.25) is 0 Å². The standard InChI is InChI=1S/C30H46O4/c1-18(2)23-17-24(31)20(4)22(29(23,7)16-14-27(33)34)11-10-21-19(3)9-12-25-28(5,6)26(32)13-15-30(21,25)8/h21,23-25,31H,1,3,9-17H2,2,4-8H3,(H,33,34)/t21-,23-,24-,25-,29+,30+/m0/s1. The molecule has 190 valence electrons. The minimum absolute atomic E-state index is 0.0414. The fourth-order valence-corrected chi connectivity index (χ4v) is 8.24. The molecule has 2 fully saturated rings. The highest BCUT2D eigenvalue weighted by Gasteiger charge is 2.56. The Labute approximate surface area is 206 Å². The first-order chi connectivity index (χ1) is 15.7. The smallest absolute Gasteiger partial charge is 0.303 e. The van der Waals surface area contributed by atoms with Crippen LogP contribution < -0.4 is 0 Å². The van der Waals surface area contributed by atoms with Crippen molar-refractivity contribution in [1.29, 1.82) is 0 Å². The average molecular weight is 471 g/mol. The molecule has 0 saturated heterocycles. The second kappa shape index (κ2) is 9.41. The number of carboxylic acid groups (broad SMARTS) is 1. The summed E-state index contributed by atoms with van der Waals surface area (Å²) in [5, 5.41) is 20.4. The maximum absolute atomic E-state index is 12.8. The SMILES string of the molecule is C=C1CC[C@H]2C(C)(C)C(=O)CC[C@]2(C)[C@H]1CCC1=C(C)[C@@H](O)C[C@@H](C(=C)C)[C@]1(C)CCC(=O)O. The van der Waals surface area contributed by atoms with E-state index in [9.17, 15) is 19.8 Å². The molecule has 3 aliphatic carbocycles.